The molecular formula is C14H18BrNO2. The van der Waals surface area contributed by atoms with E-state index in [-0.39, 0.29) is 5.97 Å². The quantitative estimate of drug-likeness (QED) is 0.850. The Hall–Kier alpha value is -0.870. The zero-order valence-electron chi connectivity index (χ0n) is 10.7. The standard InChI is InChI=1S/C14H18BrNO2/c1-3-14(13(17)18-2,16-12-8-9-12)10-4-6-11(15)7-5-10/h4-7,12,16H,3,8-9H2,1-2H3. The van der Waals surface area contributed by atoms with E-state index in [1.165, 1.54) is 7.11 Å². The summed E-state index contributed by atoms with van der Waals surface area (Å²) in [5, 5.41) is 3.45. The number of rotatable bonds is 5. The highest BCUT2D eigenvalue weighted by atomic mass is 79.9. The number of hydrogen-bond acceptors (Lipinski definition) is 3. The second kappa shape index (κ2) is 5.41. The van der Waals surface area contributed by atoms with Crippen LogP contribution < -0.4 is 5.32 Å². The summed E-state index contributed by atoms with van der Waals surface area (Å²) in [6.07, 6.45) is 2.95. The zero-order valence-corrected chi connectivity index (χ0v) is 12.3. The first kappa shape index (κ1) is 13.6. The van der Waals surface area contributed by atoms with E-state index >= 15 is 0 Å². The molecule has 1 N–H and O–H groups in total. The summed E-state index contributed by atoms with van der Waals surface area (Å²) in [4.78, 5) is 12.2. The SMILES string of the molecule is CCC(NC1CC1)(C(=O)OC)c1ccc(Br)cc1. The second-order valence-electron chi connectivity index (χ2n) is 4.68. The van der Waals surface area contributed by atoms with Crippen LogP contribution >= 0.6 is 15.9 Å². The molecule has 1 saturated carbocycles. The summed E-state index contributed by atoms with van der Waals surface area (Å²) in [7, 11) is 1.44. The molecule has 1 atom stereocenters. The van der Waals surface area contributed by atoms with Crippen LogP contribution in [0.1, 0.15) is 31.7 Å². The van der Waals surface area contributed by atoms with Gasteiger partial charge in [0.25, 0.3) is 0 Å². The van der Waals surface area contributed by atoms with E-state index in [1.807, 2.05) is 31.2 Å². The van der Waals surface area contributed by atoms with Gasteiger partial charge in [-0.15, -0.1) is 0 Å². The molecule has 0 aromatic heterocycles. The lowest BCUT2D eigenvalue weighted by atomic mass is 9.87. The van der Waals surface area contributed by atoms with Gasteiger partial charge in [-0.1, -0.05) is 35.0 Å². The van der Waals surface area contributed by atoms with Crippen molar-refractivity contribution in [2.45, 2.75) is 37.8 Å². The van der Waals surface area contributed by atoms with E-state index in [1.54, 1.807) is 0 Å². The van der Waals surface area contributed by atoms with Gasteiger partial charge in [0.05, 0.1) is 7.11 Å². The summed E-state index contributed by atoms with van der Waals surface area (Å²) < 4.78 is 6.01. The number of methoxy groups -OCH3 is 1. The van der Waals surface area contributed by atoms with Gasteiger partial charge in [0.1, 0.15) is 5.54 Å². The largest absolute Gasteiger partial charge is 0.467 e. The first-order chi connectivity index (χ1) is 8.62. The maximum absolute atomic E-state index is 12.2. The highest BCUT2D eigenvalue weighted by molar-refractivity contribution is 9.10. The molecule has 3 nitrogen and oxygen atoms in total. The van der Waals surface area contributed by atoms with Crippen molar-refractivity contribution in [3.63, 3.8) is 0 Å². The van der Waals surface area contributed by atoms with E-state index in [0.717, 1.165) is 22.9 Å². The van der Waals surface area contributed by atoms with Crippen molar-refractivity contribution in [2.24, 2.45) is 0 Å². The lowest BCUT2D eigenvalue weighted by molar-refractivity contribution is -0.149. The molecular weight excluding hydrogens is 294 g/mol. The first-order valence-corrected chi connectivity index (χ1v) is 7.04. The minimum Gasteiger partial charge on any atom is -0.467 e. The number of esters is 1. The summed E-state index contributed by atoms with van der Waals surface area (Å²) >= 11 is 3.41. The van der Waals surface area contributed by atoms with E-state index < -0.39 is 5.54 Å². The molecule has 0 radical (unpaired) electrons. The van der Waals surface area contributed by atoms with Gasteiger partial charge in [-0.3, -0.25) is 5.32 Å². The lowest BCUT2D eigenvalue weighted by Crippen LogP contribution is -2.50. The molecule has 0 aliphatic heterocycles. The molecule has 1 aliphatic rings. The van der Waals surface area contributed by atoms with Gasteiger partial charge in [0, 0.05) is 10.5 Å². The van der Waals surface area contributed by atoms with Crippen LogP contribution in [-0.4, -0.2) is 19.1 Å². The van der Waals surface area contributed by atoms with Crippen LogP contribution in [0.3, 0.4) is 0 Å². The van der Waals surface area contributed by atoms with Crippen molar-refractivity contribution in [1.82, 2.24) is 5.32 Å². The van der Waals surface area contributed by atoms with Crippen LogP contribution in [0.4, 0.5) is 0 Å². The van der Waals surface area contributed by atoms with Gasteiger partial charge in [0.15, 0.2) is 0 Å². The summed E-state index contributed by atoms with van der Waals surface area (Å²) in [5.41, 5.74) is 0.253. The van der Waals surface area contributed by atoms with Crippen molar-refractivity contribution in [3.8, 4) is 0 Å². The summed E-state index contributed by atoms with van der Waals surface area (Å²) in [6, 6.07) is 8.29. The molecule has 2 rings (SSSR count). The minimum atomic E-state index is -0.712. The van der Waals surface area contributed by atoms with Gasteiger partial charge in [-0.25, -0.2) is 4.79 Å². The van der Waals surface area contributed by atoms with Crippen LogP contribution in [0, 0.1) is 0 Å². The molecule has 4 heteroatoms. The molecule has 1 aromatic carbocycles. The van der Waals surface area contributed by atoms with Crippen LogP contribution in [0.25, 0.3) is 0 Å². The van der Waals surface area contributed by atoms with E-state index in [4.69, 9.17) is 4.74 Å². The molecule has 18 heavy (non-hydrogen) atoms. The van der Waals surface area contributed by atoms with Gasteiger partial charge in [-0.2, -0.15) is 0 Å². The van der Waals surface area contributed by atoms with Gasteiger partial charge in [0.2, 0.25) is 0 Å². The number of ether oxygens (including phenoxy) is 1. The summed E-state index contributed by atoms with van der Waals surface area (Å²) in [5.74, 6) is -0.209. The third-order valence-corrected chi connectivity index (χ3v) is 3.96. The van der Waals surface area contributed by atoms with Crippen molar-refractivity contribution >= 4 is 21.9 Å². The molecule has 98 valence electrons. The molecule has 0 saturated heterocycles. The Balaban J connectivity index is 2.37. The average molecular weight is 312 g/mol. The normalized spacial score (nSPS) is 18.2. The number of carbonyl (C=O) groups excluding carboxylic acids is 1. The van der Waals surface area contributed by atoms with Crippen LogP contribution in [0.2, 0.25) is 0 Å². The van der Waals surface area contributed by atoms with E-state index in [9.17, 15) is 4.79 Å². The number of halogens is 1. The fourth-order valence-corrected chi connectivity index (χ4v) is 2.46. The molecule has 0 amide bonds. The Morgan fingerprint density at radius 1 is 1.44 bits per heavy atom. The predicted molar refractivity (Wildman–Crippen MR) is 74.3 cm³/mol. The fraction of sp³-hybridized carbons (Fsp3) is 0.500. The third kappa shape index (κ3) is 2.59. The number of carbonyl (C=O) groups is 1. The molecule has 1 aliphatic carbocycles. The Labute approximate surface area is 116 Å². The summed E-state index contributed by atoms with van der Waals surface area (Å²) in [6.45, 7) is 2.01. The molecule has 0 bridgehead atoms. The maximum atomic E-state index is 12.2. The number of benzene rings is 1. The lowest BCUT2D eigenvalue weighted by Gasteiger charge is -2.31. The minimum absolute atomic E-state index is 0.209. The van der Waals surface area contributed by atoms with Crippen LogP contribution in [0.5, 0.6) is 0 Å². The van der Waals surface area contributed by atoms with E-state index in [2.05, 4.69) is 21.2 Å². The predicted octanol–water partition coefficient (Wildman–Crippen LogP) is 2.98. The maximum Gasteiger partial charge on any atom is 0.330 e. The first-order valence-electron chi connectivity index (χ1n) is 6.24. The van der Waals surface area contributed by atoms with Crippen molar-refractivity contribution in [3.05, 3.63) is 34.3 Å². The van der Waals surface area contributed by atoms with Crippen LogP contribution in [-0.2, 0) is 15.1 Å². The highest BCUT2D eigenvalue weighted by Gasteiger charge is 2.43. The van der Waals surface area contributed by atoms with Crippen molar-refractivity contribution in [2.75, 3.05) is 7.11 Å². The zero-order chi connectivity index (χ0) is 13.2. The van der Waals surface area contributed by atoms with Crippen molar-refractivity contribution < 1.29 is 9.53 Å². The fourth-order valence-electron chi connectivity index (χ4n) is 2.20. The van der Waals surface area contributed by atoms with Gasteiger partial charge < -0.3 is 4.74 Å². The van der Waals surface area contributed by atoms with E-state index in [0.29, 0.717) is 12.5 Å². The topological polar surface area (TPSA) is 38.3 Å². The smallest absolute Gasteiger partial charge is 0.330 e. The highest BCUT2D eigenvalue weighted by Crippen LogP contribution is 2.33. The third-order valence-electron chi connectivity index (χ3n) is 3.43. The van der Waals surface area contributed by atoms with Gasteiger partial charge in [-0.05, 0) is 37.0 Å². The Morgan fingerprint density at radius 2 is 2.06 bits per heavy atom. The molecule has 0 spiro atoms. The molecule has 1 aromatic rings. The Kier molecular flexibility index (Phi) is 4.07. The average Bonchev–Trinajstić information content (AvgIpc) is 3.20. The van der Waals surface area contributed by atoms with Crippen LogP contribution in [0.15, 0.2) is 28.7 Å². The molecule has 1 unspecified atom stereocenters. The molecule has 1 fully saturated rings. The second-order valence-corrected chi connectivity index (χ2v) is 5.59. The monoisotopic (exact) mass is 311 g/mol. The number of nitrogens with one attached hydrogen (secondary N) is 1. The number of hydrogen-bond donors (Lipinski definition) is 1. The Morgan fingerprint density at radius 3 is 2.50 bits per heavy atom. The van der Waals surface area contributed by atoms with Gasteiger partial charge >= 0.3 is 5.97 Å². The van der Waals surface area contributed by atoms with Crippen molar-refractivity contribution in [1.29, 1.82) is 0 Å². The molecule has 0 heterocycles. The Bertz CT molecular complexity index is 428.